The minimum atomic E-state index is -0.119. The van der Waals surface area contributed by atoms with E-state index in [-0.39, 0.29) is 5.97 Å². The topological polar surface area (TPSA) is 63.2 Å². The summed E-state index contributed by atoms with van der Waals surface area (Å²) < 4.78 is 28.4. The van der Waals surface area contributed by atoms with E-state index in [1.165, 1.54) is 38.5 Å². The highest BCUT2D eigenvalue weighted by Crippen LogP contribution is 2.31. The lowest BCUT2D eigenvalue weighted by molar-refractivity contribution is -0.143. The van der Waals surface area contributed by atoms with Crippen molar-refractivity contribution in [2.75, 3.05) is 20.8 Å². The van der Waals surface area contributed by atoms with Crippen molar-refractivity contribution >= 4 is 5.97 Å². The quantitative estimate of drug-likeness (QED) is 0.102. The van der Waals surface area contributed by atoms with Gasteiger partial charge in [0.25, 0.3) is 0 Å². The molecule has 0 bridgehead atoms. The smallest absolute Gasteiger partial charge is 0.305 e. The maximum atomic E-state index is 12.2. The maximum Gasteiger partial charge on any atom is 0.305 e. The minimum Gasteiger partial charge on any atom is -0.497 e. The van der Waals surface area contributed by atoms with Crippen LogP contribution in [0.3, 0.4) is 0 Å². The number of hydrogen-bond donors (Lipinski definition) is 0. The standard InChI is InChI=1S/C35H46O6/c1-4-5-6-7-8-9-10-11-12-35(36)39-24-23-28-17-22-33(40-26-29-13-18-31(37-2)19-14-29)34(25-28)41-27-30-15-20-32(38-3)21-16-30/h13-22,25H,4-12,23-24,26-27H2,1-3H3. The van der Waals surface area contributed by atoms with E-state index in [1.54, 1.807) is 14.2 Å². The lowest BCUT2D eigenvalue weighted by Crippen LogP contribution is -2.08. The van der Waals surface area contributed by atoms with Gasteiger partial charge in [-0.1, -0.05) is 82.2 Å². The summed E-state index contributed by atoms with van der Waals surface area (Å²) in [5, 5.41) is 0. The first kappa shape index (κ1) is 31.9. The predicted octanol–water partition coefficient (Wildman–Crippen LogP) is 8.48. The second-order valence-corrected chi connectivity index (χ2v) is 10.2. The van der Waals surface area contributed by atoms with Crippen molar-refractivity contribution in [2.45, 2.75) is 84.3 Å². The van der Waals surface area contributed by atoms with Gasteiger partial charge in [0.2, 0.25) is 0 Å². The fourth-order valence-corrected chi connectivity index (χ4v) is 4.46. The average Bonchev–Trinajstić information content (AvgIpc) is 3.01. The van der Waals surface area contributed by atoms with Crippen LogP contribution in [0.5, 0.6) is 23.0 Å². The summed E-state index contributed by atoms with van der Waals surface area (Å²) in [5.41, 5.74) is 3.07. The molecule has 0 aliphatic heterocycles. The van der Waals surface area contributed by atoms with Crippen molar-refractivity contribution in [3.8, 4) is 23.0 Å². The highest BCUT2D eigenvalue weighted by molar-refractivity contribution is 5.69. The largest absolute Gasteiger partial charge is 0.497 e. The molecule has 3 aromatic carbocycles. The van der Waals surface area contributed by atoms with Gasteiger partial charge < -0.3 is 23.7 Å². The molecule has 0 heterocycles. The minimum absolute atomic E-state index is 0.119. The molecule has 41 heavy (non-hydrogen) atoms. The van der Waals surface area contributed by atoms with E-state index >= 15 is 0 Å². The van der Waals surface area contributed by atoms with Gasteiger partial charge in [-0.2, -0.15) is 0 Å². The van der Waals surface area contributed by atoms with Gasteiger partial charge in [-0.05, 0) is 59.5 Å². The Hall–Kier alpha value is -3.67. The van der Waals surface area contributed by atoms with Gasteiger partial charge in [-0.3, -0.25) is 4.79 Å². The van der Waals surface area contributed by atoms with Crippen LogP contribution < -0.4 is 18.9 Å². The summed E-state index contributed by atoms with van der Waals surface area (Å²) in [6.07, 6.45) is 10.8. The molecule has 0 spiro atoms. The van der Waals surface area contributed by atoms with E-state index in [0.717, 1.165) is 41.0 Å². The lowest BCUT2D eigenvalue weighted by Gasteiger charge is -2.15. The van der Waals surface area contributed by atoms with Crippen LogP contribution in [0.2, 0.25) is 0 Å². The number of rotatable bonds is 20. The van der Waals surface area contributed by atoms with Crippen molar-refractivity contribution in [3.63, 3.8) is 0 Å². The SMILES string of the molecule is CCCCCCCCCCC(=O)OCCc1ccc(OCc2ccc(OC)cc2)c(OCc2ccc(OC)cc2)c1. The number of carbonyl (C=O) groups excluding carboxylic acids is 1. The Labute approximate surface area is 245 Å². The molecule has 0 unspecified atom stereocenters. The summed E-state index contributed by atoms with van der Waals surface area (Å²) >= 11 is 0. The van der Waals surface area contributed by atoms with Crippen molar-refractivity contribution in [1.82, 2.24) is 0 Å². The number of methoxy groups -OCH3 is 2. The molecule has 0 fully saturated rings. The summed E-state index contributed by atoms with van der Waals surface area (Å²) in [5.74, 6) is 2.80. The number of benzene rings is 3. The first-order chi connectivity index (χ1) is 20.1. The molecule has 0 aliphatic carbocycles. The molecule has 0 aromatic heterocycles. The van der Waals surface area contributed by atoms with Gasteiger partial charge in [0.05, 0.1) is 20.8 Å². The Morgan fingerprint density at radius 3 is 1.68 bits per heavy atom. The van der Waals surface area contributed by atoms with Crippen LogP contribution >= 0.6 is 0 Å². The first-order valence-corrected chi connectivity index (χ1v) is 14.9. The summed E-state index contributed by atoms with van der Waals surface area (Å²) in [6, 6.07) is 21.5. The third-order valence-electron chi connectivity index (χ3n) is 7.00. The molecule has 222 valence electrons. The van der Waals surface area contributed by atoms with E-state index in [1.807, 2.05) is 66.7 Å². The van der Waals surface area contributed by atoms with Crippen LogP contribution in [0.1, 0.15) is 81.4 Å². The van der Waals surface area contributed by atoms with Crippen LogP contribution in [0.15, 0.2) is 66.7 Å². The Balaban J connectivity index is 1.51. The summed E-state index contributed by atoms with van der Waals surface area (Å²) in [6.45, 7) is 3.37. The second-order valence-electron chi connectivity index (χ2n) is 10.2. The van der Waals surface area contributed by atoms with Gasteiger partial charge in [0.15, 0.2) is 11.5 Å². The third kappa shape index (κ3) is 12.2. The molecule has 0 radical (unpaired) electrons. The third-order valence-corrected chi connectivity index (χ3v) is 7.00. The molecule has 0 aliphatic rings. The van der Waals surface area contributed by atoms with Crippen LogP contribution in [0.4, 0.5) is 0 Å². The zero-order valence-electron chi connectivity index (χ0n) is 25.0. The monoisotopic (exact) mass is 562 g/mol. The molecule has 3 rings (SSSR count). The fraction of sp³-hybridized carbons (Fsp3) is 0.457. The zero-order valence-corrected chi connectivity index (χ0v) is 25.0. The Bertz CT molecular complexity index is 1140. The number of esters is 1. The van der Waals surface area contributed by atoms with E-state index in [9.17, 15) is 4.79 Å². The fourth-order valence-electron chi connectivity index (χ4n) is 4.46. The van der Waals surface area contributed by atoms with E-state index in [2.05, 4.69) is 6.92 Å². The van der Waals surface area contributed by atoms with Crippen LogP contribution in [0, 0.1) is 0 Å². The molecular formula is C35H46O6. The highest BCUT2D eigenvalue weighted by Gasteiger charge is 2.10. The van der Waals surface area contributed by atoms with Crippen molar-refractivity contribution < 1.29 is 28.5 Å². The van der Waals surface area contributed by atoms with Crippen LogP contribution in [-0.2, 0) is 29.2 Å². The molecule has 0 amide bonds. The van der Waals surface area contributed by atoms with Gasteiger partial charge >= 0.3 is 5.97 Å². The Kier molecular flexibility index (Phi) is 14.5. The van der Waals surface area contributed by atoms with Gasteiger partial charge in [-0.25, -0.2) is 0 Å². The highest BCUT2D eigenvalue weighted by atomic mass is 16.5. The molecular weight excluding hydrogens is 516 g/mol. The van der Waals surface area contributed by atoms with Gasteiger partial charge in [0.1, 0.15) is 24.7 Å². The molecule has 6 heteroatoms. The first-order valence-electron chi connectivity index (χ1n) is 14.9. The molecule has 6 nitrogen and oxygen atoms in total. The number of ether oxygens (including phenoxy) is 5. The molecule has 0 atom stereocenters. The van der Waals surface area contributed by atoms with Gasteiger partial charge in [0, 0.05) is 12.8 Å². The number of unbranched alkanes of at least 4 members (excludes halogenated alkanes) is 7. The average molecular weight is 563 g/mol. The molecule has 0 N–H and O–H groups in total. The van der Waals surface area contributed by atoms with E-state index in [4.69, 9.17) is 23.7 Å². The maximum absolute atomic E-state index is 12.2. The van der Waals surface area contributed by atoms with E-state index < -0.39 is 0 Å². The normalized spacial score (nSPS) is 10.7. The zero-order chi connectivity index (χ0) is 29.1. The molecule has 3 aromatic rings. The Morgan fingerprint density at radius 2 is 1.12 bits per heavy atom. The van der Waals surface area contributed by atoms with Crippen LogP contribution in [0.25, 0.3) is 0 Å². The van der Waals surface area contributed by atoms with Crippen molar-refractivity contribution in [2.24, 2.45) is 0 Å². The summed E-state index contributed by atoms with van der Waals surface area (Å²) in [4.78, 5) is 12.2. The second kappa shape index (κ2) is 18.6. The number of hydrogen-bond acceptors (Lipinski definition) is 6. The van der Waals surface area contributed by atoms with Gasteiger partial charge in [-0.15, -0.1) is 0 Å². The van der Waals surface area contributed by atoms with Crippen molar-refractivity contribution in [1.29, 1.82) is 0 Å². The molecule has 0 saturated carbocycles. The van der Waals surface area contributed by atoms with Crippen LogP contribution in [-0.4, -0.2) is 26.8 Å². The lowest BCUT2D eigenvalue weighted by atomic mass is 10.1. The predicted molar refractivity (Wildman–Crippen MR) is 163 cm³/mol. The van der Waals surface area contributed by atoms with Crippen molar-refractivity contribution in [3.05, 3.63) is 83.4 Å². The molecule has 0 saturated heterocycles. The number of carbonyl (C=O) groups is 1. The van der Waals surface area contributed by atoms with E-state index in [0.29, 0.717) is 44.2 Å². The summed E-state index contributed by atoms with van der Waals surface area (Å²) in [7, 11) is 3.30. The Morgan fingerprint density at radius 1 is 0.610 bits per heavy atom.